The molecule has 3 nitrogen and oxygen atoms in total. The van der Waals surface area contributed by atoms with Gasteiger partial charge in [-0.25, -0.2) is 0 Å². The fourth-order valence-corrected chi connectivity index (χ4v) is 3.07. The minimum absolute atomic E-state index is 0.189. The molecule has 1 saturated heterocycles. The van der Waals surface area contributed by atoms with E-state index in [0.717, 1.165) is 31.9 Å². The van der Waals surface area contributed by atoms with Gasteiger partial charge in [-0.1, -0.05) is 6.07 Å². The first-order valence-electron chi connectivity index (χ1n) is 6.93. The largest absolute Gasteiger partial charge is 0.496 e. The Balaban J connectivity index is 2.44. The molecular formula is C16H25NO2. The van der Waals surface area contributed by atoms with Crippen LogP contribution in [0.1, 0.15) is 28.7 Å². The summed E-state index contributed by atoms with van der Waals surface area (Å²) in [5.74, 6) is 1.02. The van der Waals surface area contributed by atoms with Crippen molar-refractivity contribution in [3.8, 4) is 5.75 Å². The second-order valence-corrected chi connectivity index (χ2v) is 5.65. The molecule has 1 N–H and O–H groups in total. The van der Waals surface area contributed by atoms with E-state index in [2.05, 4.69) is 32.2 Å². The van der Waals surface area contributed by atoms with Crippen LogP contribution in [0.25, 0.3) is 0 Å². The molecule has 0 radical (unpaired) electrons. The molecular weight excluding hydrogens is 238 g/mol. The number of rotatable bonds is 5. The highest BCUT2D eigenvalue weighted by molar-refractivity contribution is 5.52. The number of ether oxygens (including phenoxy) is 2. The quantitative estimate of drug-likeness (QED) is 0.885. The van der Waals surface area contributed by atoms with E-state index >= 15 is 0 Å². The van der Waals surface area contributed by atoms with E-state index in [9.17, 15) is 0 Å². The second-order valence-electron chi connectivity index (χ2n) is 5.65. The lowest BCUT2D eigenvalue weighted by atomic mass is 9.72. The lowest BCUT2D eigenvalue weighted by molar-refractivity contribution is -0.0641. The van der Waals surface area contributed by atoms with Crippen molar-refractivity contribution < 1.29 is 9.47 Å². The number of hydrogen-bond acceptors (Lipinski definition) is 3. The van der Waals surface area contributed by atoms with Gasteiger partial charge in [-0.3, -0.25) is 0 Å². The summed E-state index contributed by atoms with van der Waals surface area (Å²) in [6.07, 6.45) is 1.12. The summed E-state index contributed by atoms with van der Waals surface area (Å²) in [6.45, 7) is 9.16. The van der Waals surface area contributed by atoms with E-state index in [1.54, 1.807) is 7.11 Å². The summed E-state index contributed by atoms with van der Waals surface area (Å²) < 4.78 is 11.0. The molecule has 1 aromatic rings. The van der Waals surface area contributed by atoms with Crippen LogP contribution in [0, 0.1) is 20.8 Å². The topological polar surface area (TPSA) is 30.5 Å². The molecule has 0 bridgehead atoms. The fourth-order valence-electron chi connectivity index (χ4n) is 3.07. The van der Waals surface area contributed by atoms with Gasteiger partial charge in [0.15, 0.2) is 0 Å². The molecule has 0 atom stereocenters. The number of aryl methyl sites for hydroxylation is 1. The van der Waals surface area contributed by atoms with Crippen LogP contribution in [0.5, 0.6) is 5.75 Å². The van der Waals surface area contributed by atoms with Crippen LogP contribution in [0.2, 0.25) is 0 Å². The zero-order valence-corrected chi connectivity index (χ0v) is 12.7. The van der Waals surface area contributed by atoms with Crippen molar-refractivity contribution in [2.24, 2.45) is 0 Å². The van der Waals surface area contributed by atoms with Gasteiger partial charge >= 0.3 is 0 Å². The highest BCUT2D eigenvalue weighted by Gasteiger charge is 2.41. The van der Waals surface area contributed by atoms with Gasteiger partial charge in [0.1, 0.15) is 5.75 Å². The lowest BCUT2D eigenvalue weighted by Crippen LogP contribution is -2.48. The molecule has 2 rings (SSSR count). The van der Waals surface area contributed by atoms with Gasteiger partial charge in [0, 0.05) is 5.41 Å². The summed E-state index contributed by atoms with van der Waals surface area (Å²) in [6, 6.07) is 2.29. The highest BCUT2D eigenvalue weighted by Crippen LogP contribution is 2.41. The zero-order valence-electron chi connectivity index (χ0n) is 12.7. The normalized spacial score (nSPS) is 17.1. The molecule has 0 saturated carbocycles. The Morgan fingerprint density at radius 2 is 1.95 bits per heavy atom. The van der Waals surface area contributed by atoms with Crippen LogP contribution in [0.15, 0.2) is 6.07 Å². The van der Waals surface area contributed by atoms with Gasteiger partial charge in [-0.05, 0) is 63.0 Å². The molecule has 106 valence electrons. The van der Waals surface area contributed by atoms with Crippen molar-refractivity contribution in [2.75, 3.05) is 33.9 Å². The third-order valence-corrected chi connectivity index (χ3v) is 4.41. The molecule has 1 heterocycles. The molecule has 3 heteroatoms. The predicted octanol–water partition coefficient (Wildman–Crippen LogP) is 2.50. The standard InChI is InChI=1S/C16H25NO2/c1-11-8-14(12(2)13(3)15(11)18-5)16(6-7-17-4)9-19-10-16/h8,17H,6-7,9-10H2,1-5H3. The van der Waals surface area contributed by atoms with Crippen LogP contribution in [0.3, 0.4) is 0 Å². The summed E-state index contributed by atoms with van der Waals surface area (Å²) in [5, 5.41) is 3.25. The number of hydrogen-bond donors (Lipinski definition) is 1. The zero-order chi connectivity index (χ0) is 14.0. The molecule has 1 aromatic carbocycles. The Labute approximate surface area is 116 Å². The molecule has 1 aliphatic heterocycles. The van der Waals surface area contributed by atoms with Crippen LogP contribution in [-0.2, 0) is 10.2 Å². The van der Waals surface area contributed by atoms with E-state index < -0.39 is 0 Å². The Morgan fingerprint density at radius 1 is 1.26 bits per heavy atom. The number of nitrogens with one attached hydrogen (secondary N) is 1. The van der Waals surface area contributed by atoms with Gasteiger partial charge in [-0.2, -0.15) is 0 Å². The van der Waals surface area contributed by atoms with Crippen LogP contribution >= 0.6 is 0 Å². The average Bonchev–Trinajstić information content (AvgIpc) is 2.34. The van der Waals surface area contributed by atoms with Crippen molar-refractivity contribution >= 4 is 0 Å². The first-order chi connectivity index (χ1) is 9.05. The Hall–Kier alpha value is -1.06. The Bertz CT molecular complexity index is 464. The molecule has 0 amide bonds. The van der Waals surface area contributed by atoms with E-state index in [0.29, 0.717) is 0 Å². The maximum absolute atomic E-state index is 5.52. The predicted molar refractivity (Wildman–Crippen MR) is 78.2 cm³/mol. The molecule has 1 fully saturated rings. The van der Waals surface area contributed by atoms with Crippen molar-refractivity contribution in [3.63, 3.8) is 0 Å². The van der Waals surface area contributed by atoms with Crippen molar-refractivity contribution in [1.29, 1.82) is 0 Å². The number of methoxy groups -OCH3 is 1. The van der Waals surface area contributed by atoms with Gasteiger partial charge < -0.3 is 14.8 Å². The first kappa shape index (κ1) is 14.4. The van der Waals surface area contributed by atoms with E-state index in [1.165, 1.54) is 22.3 Å². The molecule has 0 spiro atoms. The monoisotopic (exact) mass is 263 g/mol. The van der Waals surface area contributed by atoms with Gasteiger partial charge in [0.25, 0.3) is 0 Å². The van der Waals surface area contributed by atoms with Crippen molar-refractivity contribution in [2.45, 2.75) is 32.6 Å². The van der Waals surface area contributed by atoms with Gasteiger partial charge in [0.2, 0.25) is 0 Å². The molecule has 19 heavy (non-hydrogen) atoms. The van der Waals surface area contributed by atoms with Crippen LogP contribution < -0.4 is 10.1 Å². The van der Waals surface area contributed by atoms with Crippen LogP contribution in [0.4, 0.5) is 0 Å². The maximum atomic E-state index is 5.52. The first-order valence-corrected chi connectivity index (χ1v) is 6.93. The smallest absolute Gasteiger partial charge is 0.124 e. The molecule has 0 aromatic heterocycles. The Kier molecular flexibility index (Phi) is 4.16. The number of benzene rings is 1. The highest BCUT2D eigenvalue weighted by atomic mass is 16.5. The van der Waals surface area contributed by atoms with Gasteiger partial charge in [-0.15, -0.1) is 0 Å². The minimum atomic E-state index is 0.189. The molecule has 0 aliphatic carbocycles. The fraction of sp³-hybridized carbons (Fsp3) is 0.625. The van der Waals surface area contributed by atoms with Gasteiger partial charge in [0.05, 0.1) is 20.3 Å². The summed E-state index contributed by atoms with van der Waals surface area (Å²) in [5.41, 5.74) is 5.45. The third-order valence-electron chi connectivity index (χ3n) is 4.41. The summed E-state index contributed by atoms with van der Waals surface area (Å²) >= 11 is 0. The molecule has 0 unspecified atom stereocenters. The van der Waals surface area contributed by atoms with E-state index in [4.69, 9.17) is 9.47 Å². The third kappa shape index (κ3) is 2.37. The Morgan fingerprint density at radius 3 is 2.42 bits per heavy atom. The minimum Gasteiger partial charge on any atom is -0.496 e. The summed E-state index contributed by atoms with van der Waals surface area (Å²) in [4.78, 5) is 0. The average molecular weight is 263 g/mol. The van der Waals surface area contributed by atoms with Crippen LogP contribution in [-0.4, -0.2) is 33.9 Å². The maximum Gasteiger partial charge on any atom is 0.124 e. The SMILES string of the molecule is CNCCC1(c2cc(C)c(OC)c(C)c2C)COC1. The second kappa shape index (κ2) is 5.51. The van der Waals surface area contributed by atoms with E-state index in [-0.39, 0.29) is 5.41 Å². The van der Waals surface area contributed by atoms with Crippen molar-refractivity contribution in [1.82, 2.24) is 5.32 Å². The lowest BCUT2D eigenvalue weighted by Gasteiger charge is -2.43. The summed E-state index contributed by atoms with van der Waals surface area (Å²) in [7, 11) is 3.75. The van der Waals surface area contributed by atoms with Crippen molar-refractivity contribution in [3.05, 3.63) is 28.3 Å². The molecule has 1 aliphatic rings. The van der Waals surface area contributed by atoms with E-state index in [1.807, 2.05) is 7.05 Å².